The summed E-state index contributed by atoms with van der Waals surface area (Å²) < 4.78 is 38.2. The van der Waals surface area contributed by atoms with Gasteiger partial charge in [0.25, 0.3) is 0 Å². The molecule has 1 heterocycles. The third kappa shape index (κ3) is 1.95. The molecule has 0 saturated heterocycles. The molecule has 0 saturated carbocycles. The topological polar surface area (TPSA) is 55.1 Å². The van der Waals surface area contributed by atoms with Crippen LogP contribution in [0.25, 0.3) is 0 Å². The van der Waals surface area contributed by atoms with Crippen molar-refractivity contribution in [3.63, 3.8) is 0 Å². The molecule has 0 aliphatic rings. The van der Waals surface area contributed by atoms with E-state index in [0.29, 0.717) is 0 Å². The fourth-order valence-electron chi connectivity index (χ4n) is 1.31. The number of aromatic carboxylic acids is 1. The van der Waals surface area contributed by atoms with Gasteiger partial charge in [0.15, 0.2) is 5.69 Å². The number of hydrogen-bond donors (Lipinski definition) is 1. The van der Waals surface area contributed by atoms with Gasteiger partial charge in [0.05, 0.1) is 5.69 Å². The lowest BCUT2D eigenvalue weighted by molar-refractivity contribution is -0.142. The van der Waals surface area contributed by atoms with E-state index in [4.69, 9.17) is 5.11 Å². The molecular formula is C8H9F3N2O2. The van der Waals surface area contributed by atoms with Crippen molar-refractivity contribution in [1.82, 2.24) is 9.78 Å². The summed E-state index contributed by atoms with van der Waals surface area (Å²) in [6.45, 7) is 3.09. The first-order valence-electron chi connectivity index (χ1n) is 4.17. The van der Waals surface area contributed by atoms with E-state index in [-0.39, 0.29) is 12.2 Å². The van der Waals surface area contributed by atoms with Gasteiger partial charge in [0, 0.05) is 6.54 Å². The van der Waals surface area contributed by atoms with Crippen LogP contribution in [0.15, 0.2) is 0 Å². The third-order valence-electron chi connectivity index (χ3n) is 1.99. The van der Waals surface area contributed by atoms with Crippen molar-refractivity contribution in [2.45, 2.75) is 26.6 Å². The van der Waals surface area contributed by atoms with Crippen LogP contribution in [0.2, 0.25) is 0 Å². The van der Waals surface area contributed by atoms with Gasteiger partial charge >= 0.3 is 12.1 Å². The van der Waals surface area contributed by atoms with Crippen LogP contribution >= 0.6 is 0 Å². The molecule has 0 aliphatic heterocycles. The summed E-state index contributed by atoms with van der Waals surface area (Å²) in [4.78, 5) is 10.7. The van der Waals surface area contributed by atoms with Crippen LogP contribution in [0, 0.1) is 6.92 Å². The monoisotopic (exact) mass is 222 g/mol. The van der Waals surface area contributed by atoms with Crippen LogP contribution in [0.4, 0.5) is 13.2 Å². The Morgan fingerprint density at radius 3 is 2.33 bits per heavy atom. The molecule has 84 valence electrons. The quantitative estimate of drug-likeness (QED) is 0.831. The minimum atomic E-state index is -4.74. The van der Waals surface area contributed by atoms with Gasteiger partial charge in [0.1, 0.15) is 5.56 Å². The van der Waals surface area contributed by atoms with E-state index in [1.165, 1.54) is 6.92 Å². The van der Waals surface area contributed by atoms with Gasteiger partial charge in [0.2, 0.25) is 0 Å². The van der Waals surface area contributed by atoms with E-state index in [0.717, 1.165) is 4.68 Å². The fourth-order valence-corrected chi connectivity index (χ4v) is 1.31. The minimum absolute atomic E-state index is 0.0114. The van der Waals surface area contributed by atoms with Gasteiger partial charge in [-0.3, -0.25) is 4.68 Å². The standard InChI is InChI=1S/C8H9F3N2O2/c1-3-13-4(2)5(7(14)15)6(12-13)8(9,10)11/h3H2,1-2H3,(H,14,15). The van der Waals surface area contributed by atoms with E-state index in [2.05, 4.69) is 5.10 Å². The van der Waals surface area contributed by atoms with E-state index >= 15 is 0 Å². The predicted octanol–water partition coefficient (Wildman–Crippen LogP) is 1.93. The number of carboxylic acids is 1. The van der Waals surface area contributed by atoms with Crippen molar-refractivity contribution in [2.24, 2.45) is 0 Å². The highest BCUT2D eigenvalue weighted by Gasteiger charge is 2.40. The average Bonchev–Trinajstić information content (AvgIpc) is 2.41. The summed E-state index contributed by atoms with van der Waals surface area (Å²) in [5.41, 5.74) is -2.10. The number of rotatable bonds is 2. The van der Waals surface area contributed by atoms with Crippen LogP contribution < -0.4 is 0 Å². The van der Waals surface area contributed by atoms with Gasteiger partial charge in [-0.15, -0.1) is 0 Å². The minimum Gasteiger partial charge on any atom is -0.478 e. The first-order valence-corrected chi connectivity index (χ1v) is 4.17. The normalized spacial score (nSPS) is 11.8. The van der Waals surface area contributed by atoms with Crippen molar-refractivity contribution < 1.29 is 23.1 Å². The summed E-state index contributed by atoms with van der Waals surface area (Å²) in [7, 11) is 0. The van der Waals surface area contributed by atoms with Crippen LogP contribution in [0.3, 0.4) is 0 Å². The maximum atomic E-state index is 12.4. The Kier molecular flexibility index (Phi) is 2.74. The molecule has 4 nitrogen and oxygen atoms in total. The maximum Gasteiger partial charge on any atom is 0.436 e. The van der Waals surface area contributed by atoms with E-state index in [1.54, 1.807) is 6.92 Å². The molecule has 1 rings (SSSR count). The second-order valence-electron chi connectivity index (χ2n) is 2.93. The Hall–Kier alpha value is -1.53. The van der Waals surface area contributed by atoms with Gasteiger partial charge in [-0.05, 0) is 13.8 Å². The molecule has 1 aromatic heterocycles. The summed E-state index contributed by atoms with van der Waals surface area (Å²) in [6.07, 6.45) is -4.74. The molecule has 0 aliphatic carbocycles. The van der Waals surface area contributed by atoms with Crippen molar-refractivity contribution >= 4 is 5.97 Å². The average molecular weight is 222 g/mol. The van der Waals surface area contributed by atoms with E-state index < -0.39 is 23.4 Å². The largest absolute Gasteiger partial charge is 0.478 e. The molecule has 0 spiro atoms. The SMILES string of the molecule is CCn1nc(C(F)(F)F)c(C(=O)O)c1C. The number of alkyl halides is 3. The lowest BCUT2D eigenvalue weighted by Crippen LogP contribution is -2.12. The highest BCUT2D eigenvalue weighted by Crippen LogP contribution is 2.32. The Morgan fingerprint density at radius 2 is 2.07 bits per heavy atom. The predicted molar refractivity (Wildman–Crippen MR) is 44.6 cm³/mol. The van der Waals surface area contributed by atoms with E-state index in [9.17, 15) is 18.0 Å². The molecule has 1 N–H and O–H groups in total. The zero-order valence-electron chi connectivity index (χ0n) is 8.09. The molecule has 0 atom stereocenters. The van der Waals surface area contributed by atoms with E-state index in [1.807, 2.05) is 0 Å². The number of carboxylic acid groups (broad SMARTS) is 1. The summed E-state index contributed by atoms with van der Waals surface area (Å²) >= 11 is 0. The van der Waals surface area contributed by atoms with Crippen LogP contribution in [-0.2, 0) is 12.7 Å². The molecule has 0 aromatic carbocycles. The first-order chi connectivity index (χ1) is 6.79. The van der Waals surface area contributed by atoms with Crippen molar-refractivity contribution in [3.8, 4) is 0 Å². The lowest BCUT2D eigenvalue weighted by atomic mass is 10.2. The number of aromatic nitrogens is 2. The summed E-state index contributed by atoms with van der Waals surface area (Å²) in [6, 6.07) is 0. The Bertz CT molecular complexity index is 395. The molecule has 7 heteroatoms. The summed E-state index contributed by atoms with van der Waals surface area (Å²) in [5, 5.41) is 11.9. The van der Waals surface area contributed by atoms with Gasteiger partial charge in [-0.25, -0.2) is 4.79 Å². The molecule has 0 radical (unpaired) electrons. The number of carbonyl (C=O) groups is 1. The Morgan fingerprint density at radius 1 is 1.53 bits per heavy atom. The summed E-state index contributed by atoms with van der Waals surface area (Å²) in [5.74, 6) is -1.61. The van der Waals surface area contributed by atoms with Gasteiger partial charge in [-0.2, -0.15) is 18.3 Å². The number of nitrogens with zero attached hydrogens (tertiary/aromatic N) is 2. The van der Waals surface area contributed by atoms with Crippen LogP contribution in [0.1, 0.15) is 28.7 Å². The Balaban J connectivity index is 3.45. The second-order valence-corrected chi connectivity index (χ2v) is 2.93. The molecule has 0 amide bonds. The third-order valence-corrected chi connectivity index (χ3v) is 1.99. The lowest BCUT2D eigenvalue weighted by Gasteiger charge is -2.02. The zero-order valence-corrected chi connectivity index (χ0v) is 8.09. The first kappa shape index (κ1) is 11.5. The van der Waals surface area contributed by atoms with Crippen molar-refractivity contribution in [2.75, 3.05) is 0 Å². The molecule has 0 unspecified atom stereocenters. The second kappa shape index (κ2) is 3.56. The van der Waals surface area contributed by atoms with Gasteiger partial charge in [-0.1, -0.05) is 0 Å². The molecule has 15 heavy (non-hydrogen) atoms. The smallest absolute Gasteiger partial charge is 0.436 e. The van der Waals surface area contributed by atoms with Crippen LogP contribution in [0.5, 0.6) is 0 Å². The number of aryl methyl sites for hydroxylation is 1. The highest BCUT2D eigenvalue weighted by molar-refractivity contribution is 5.90. The van der Waals surface area contributed by atoms with Crippen molar-refractivity contribution in [3.05, 3.63) is 17.0 Å². The van der Waals surface area contributed by atoms with Gasteiger partial charge < -0.3 is 5.11 Å². The molecule has 1 aromatic rings. The molecule has 0 bridgehead atoms. The number of halogens is 3. The highest BCUT2D eigenvalue weighted by atomic mass is 19.4. The molecule has 0 fully saturated rings. The van der Waals surface area contributed by atoms with Crippen molar-refractivity contribution in [1.29, 1.82) is 0 Å². The maximum absolute atomic E-state index is 12.4. The van der Waals surface area contributed by atoms with Crippen LogP contribution in [-0.4, -0.2) is 20.9 Å². The zero-order chi connectivity index (χ0) is 11.8. The Labute approximate surface area is 83.3 Å². The molecular weight excluding hydrogens is 213 g/mol. The number of hydrogen-bond acceptors (Lipinski definition) is 2. The fraction of sp³-hybridized carbons (Fsp3) is 0.500.